The number of benzene rings is 1. The molecule has 1 spiro atoms. The summed E-state index contributed by atoms with van der Waals surface area (Å²) < 4.78 is 0. The summed E-state index contributed by atoms with van der Waals surface area (Å²) in [6, 6.07) is 5.79. The van der Waals surface area contributed by atoms with Gasteiger partial charge in [0.1, 0.15) is 0 Å². The molecule has 1 heterocycles. The smallest absolute Gasteiger partial charge is 0.248 e. The average molecular weight is 242 g/mol. The maximum absolute atomic E-state index is 11.2. The molecule has 0 bridgehead atoms. The van der Waals surface area contributed by atoms with Crippen molar-refractivity contribution in [1.82, 2.24) is 5.32 Å². The Kier molecular flexibility index (Phi) is 2.71. The molecule has 1 amide bonds. The van der Waals surface area contributed by atoms with Gasteiger partial charge in [0.25, 0.3) is 0 Å². The fourth-order valence-corrected chi connectivity index (χ4v) is 3.05. The number of carbonyl (C=O) groups is 1. The van der Waals surface area contributed by atoms with E-state index in [2.05, 4.69) is 23.5 Å². The second kappa shape index (κ2) is 4.25. The minimum atomic E-state index is -0.356. The second-order valence-corrected chi connectivity index (χ2v) is 5.43. The number of fused-ring (bicyclic) bond motifs is 1. The predicted molar refractivity (Wildman–Crippen MR) is 72.2 cm³/mol. The Labute approximate surface area is 107 Å². The highest BCUT2D eigenvalue weighted by Crippen LogP contribution is 2.37. The normalized spacial score (nSPS) is 26.0. The summed E-state index contributed by atoms with van der Waals surface area (Å²) in [5.41, 5.74) is 8.65. The van der Waals surface area contributed by atoms with Crippen molar-refractivity contribution in [2.45, 2.75) is 19.3 Å². The van der Waals surface area contributed by atoms with Crippen molar-refractivity contribution in [2.75, 3.05) is 13.1 Å². The van der Waals surface area contributed by atoms with Gasteiger partial charge in [0.15, 0.2) is 0 Å². The summed E-state index contributed by atoms with van der Waals surface area (Å²) in [5.74, 6) is -0.356. The van der Waals surface area contributed by atoms with Gasteiger partial charge in [0.2, 0.25) is 5.91 Å². The number of hydrogen-bond acceptors (Lipinski definition) is 2. The zero-order valence-corrected chi connectivity index (χ0v) is 10.4. The van der Waals surface area contributed by atoms with Crippen LogP contribution >= 0.6 is 0 Å². The topological polar surface area (TPSA) is 55.1 Å². The Balaban J connectivity index is 1.93. The minimum absolute atomic E-state index is 0.277. The van der Waals surface area contributed by atoms with Gasteiger partial charge in [-0.25, -0.2) is 0 Å². The van der Waals surface area contributed by atoms with Crippen LogP contribution in [0.1, 0.15) is 34.3 Å². The molecular weight excluding hydrogens is 224 g/mol. The Morgan fingerprint density at radius 1 is 1.39 bits per heavy atom. The molecule has 3 rings (SSSR count). The third kappa shape index (κ3) is 1.95. The molecule has 2 aliphatic rings. The van der Waals surface area contributed by atoms with Crippen LogP contribution in [-0.2, 0) is 6.42 Å². The van der Waals surface area contributed by atoms with Crippen LogP contribution < -0.4 is 11.1 Å². The number of hydrogen-bond donors (Lipinski definition) is 2. The largest absolute Gasteiger partial charge is 0.366 e. The van der Waals surface area contributed by atoms with Crippen molar-refractivity contribution < 1.29 is 4.79 Å². The van der Waals surface area contributed by atoms with Crippen LogP contribution in [0.25, 0.3) is 6.08 Å². The third-order valence-corrected chi connectivity index (χ3v) is 4.09. The zero-order valence-electron chi connectivity index (χ0n) is 10.4. The van der Waals surface area contributed by atoms with Gasteiger partial charge < -0.3 is 11.1 Å². The number of carbonyl (C=O) groups excluding carboxylic acids is 1. The first kappa shape index (κ1) is 11.5. The van der Waals surface area contributed by atoms with E-state index in [1.165, 1.54) is 18.4 Å². The molecule has 1 atom stereocenters. The lowest BCUT2D eigenvalue weighted by atomic mass is 9.72. The van der Waals surface area contributed by atoms with Crippen LogP contribution in [0.15, 0.2) is 24.3 Å². The SMILES string of the molecule is NC(=O)c1ccc2c(c1)C=CC1(CCCNC1)C2. The van der Waals surface area contributed by atoms with Gasteiger partial charge in [-0.2, -0.15) is 0 Å². The maximum Gasteiger partial charge on any atom is 0.248 e. The molecule has 1 aromatic carbocycles. The molecule has 1 unspecified atom stereocenters. The molecular formula is C15H18N2O. The third-order valence-electron chi connectivity index (χ3n) is 4.09. The summed E-state index contributed by atoms with van der Waals surface area (Å²) in [6.07, 6.45) is 8.00. The summed E-state index contributed by atoms with van der Waals surface area (Å²) >= 11 is 0. The van der Waals surface area contributed by atoms with Crippen LogP contribution in [0.5, 0.6) is 0 Å². The van der Waals surface area contributed by atoms with Crippen LogP contribution in [0.4, 0.5) is 0 Å². The average Bonchev–Trinajstić information content (AvgIpc) is 2.39. The molecule has 0 aromatic heterocycles. The van der Waals surface area contributed by atoms with E-state index in [0.717, 1.165) is 25.1 Å². The lowest BCUT2D eigenvalue weighted by molar-refractivity contribution is 0.100. The van der Waals surface area contributed by atoms with E-state index in [-0.39, 0.29) is 11.3 Å². The van der Waals surface area contributed by atoms with Gasteiger partial charge in [-0.05, 0) is 49.1 Å². The quantitative estimate of drug-likeness (QED) is 0.788. The van der Waals surface area contributed by atoms with Gasteiger partial charge in [-0.15, -0.1) is 0 Å². The van der Waals surface area contributed by atoms with E-state index in [1.54, 1.807) is 0 Å². The Morgan fingerprint density at radius 3 is 3.00 bits per heavy atom. The molecule has 3 N–H and O–H groups in total. The molecule has 1 fully saturated rings. The maximum atomic E-state index is 11.2. The number of primary amides is 1. The van der Waals surface area contributed by atoms with Crippen LogP contribution in [0, 0.1) is 5.41 Å². The van der Waals surface area contributed by atoms with Crippen LogP contribution in [0.3, 0.4) is 0 Å². The number of nitrogens with two attached hydrogens (primary N) is 1. The monoisotopic (exact) mass is 242 g/mol. The van der Waals surface area contributed by atoms with Crippen molar-refractivity contribution in [3.05, 3.63) is 41.0 Å². The van der Waals surface area contributed by atoms with Gasteiger partial charge in [0, 0.05) is 17.5 Å². The van der Waals surface area contributed by atoms with Gasteiger partial charge >= 0.3 is 0 Å². The van der Waals surface area contributed by atoms with Crippen molar-refractivity contribution in [1.29, 1.82) is 0 Å². The summed E-state index contributed by atoms with van der Waals surface area (Å²) in [6.45, 7) is 2.18. The molecule has 94 valence electrons. The molecule has 3 heteroatoms. The number of nitrogens with one attached hydrogen (secondary N) is 1. The molecule has 3 nitrogen and oxygen atoms in total. The molecule has 1 aromatic rings. The fraction of sp³-hybridized carbons (Fsp3) is 0.400. The summed E-state index contributed by atoms with van der Waals surface area (Å²) in [7, 11) is 0. The molecule has 0 saturated carbocycles. The first-order chi connectivity index (χ1) is 8.69. The number of rotatable bonds is 1. The van der Waals surface area contributed by atoms with E-state index in [9.17, 15) is 4.79 Å². The highest BCUT2D eigenvalue weighted by atomic mass is 16.1. The number of amides is 1. The van der Waals surface area contributed by atoms with Crippen molar-refractivity contribution in [3.63, 3.8) is 0 Å². The number of piperidine rings is 1. The highest BCUT2D eigenvalue weighted by molar-refractivity contribution is 5.93. The fourth-order valence-electron chi connectivity index (χ4n) is 3.05. The van der Waals surface area contributed by atoms with Gasteiger partial charge in [0.05, 0.1) is 0 Å². The first-order valence-electron chi connectivity index (χ1n) is 6.51. The summed E-state index contributed by atoms with van der Waals surface area (Å²) in [5, 5.41) is 3.48. The predicted octanol–water partition coefficient (Wildman–Crippen LogP) is 1.72. The molecule has 18 heavy (non-hydrogen) atoms. The van der Waals surface area contributed by atoms with Crippen LogP contribution in [-0.4, -0.2) is 19.0 Å². The van der Waals surface area contributed by atoms with E-state index >= 15 is 0 Å². The molecule has 1 aliphatic carbocycles. The van der Waals surface area contributed by atoms with Gasteiger partial charge in [-0.1, -0.05) is 18.2 Å². The minimum Gasteiger partial charge on any atom is -0.366 e. The lowest BCUT2D eigenvalue weighted by Crippen LogP contribution is -2.41. The van der Waals surface area contributed by atoms with E-state index < -0.39 is 0 Å². The zero-order chi connectivity index (χ0) is 12.6. The highest BCUT2D eigenvalue weighted by Gasteiger charge is 2.32. The Bertz CT molecular complexity index is 513. The van der Waals surface area contributed by atoms with E-state index in [0.29, 0.717) is 5.56 Å². The van der Waals surface area contributed by atoms with Crippen LogP contribution in [0.2, 0.25) is 0 Å². The molecule has 1 saturated heterocycles. The lowest BCUT2D eigenvalue weighted by Gasteiger charge is -2.38. The van der Waals surface area contributed by atoms with Crippen molar-refractivity contribution in [3.8, 4) is 0 Å². The van der Waals surface area contributed by atoms with Crippen molar-refractivity contribution >= 4 is 12.0 Å². The van der Waals surface area contributed by atoms with E-state index in [1.807, 2.05) is 12.1 Å². The Morgan fingerprint density at radius 2 is 2.28 bits per heavy atom. The molecule has 1 aliphatic heterocycles. The summed E-state index contributed by atoms with van der Waals surface area (Å²) in [4.78, 5) is 11.2. The second-order valence-electron chi connectivity index (χ2n) is 5.43. The Hall–Kier alpha value is -1.61. The first-order valence-corrected chi connectivity index (χ1v) is 6.51. The standard InChI is InChI=1S/C15H18N2O/c16-14(18)12-2-3-13-9-15(5-1-7-17-10-15)6-4-11(13)8-12/h2-4,6,8,17H,1,5,7,9-10H2,(H2,16,18). The molecule has 0 radical (unpaired) electrons. The van der Waals surface area contributed by atoms with Gasteiger partial charge in [-0.3, -0.25) is 4.79 Å². The van der Waals surface area contributed by atoms with E-state index in [4.69, 9.17) is 5.73 Å². The van der Waals surface area contributed by atoms with Crippen molar-refractivity contribution in [2.24, 2.45) is 11.1 Å².